The molecule has 1 rings (SSSR count). The molecule has 1 aliphatic carbocycles. The molecule has 0 spiro atoms. The number of hydrogen-bond acceptors (Lipinski definition) is 4. The lowest BCUT2D eigenvalue weighted by Crippen LogP contribution is -2.45. The normalized spacial score (nSPS) is 28.9. The molecule has 0 aromatic carbocycles. The monoisotopic (exact) mass is 324 g/mol. The lowest BCUT2D eigenvalue weighted by atomic mass is 10.1. The molecule has 0 aliphatic heterocycles. The standard InChI is InChI=1S/C13H28O5SSi/c1-13(2,3)20(4,5)18-12-7-10(6-11(12)8-14)9-19(15,16)17/h10-12,14H,6-9H2,1-5H3,(H,15,16,17)/t10-,11-,12-/m0/s1. The van der Waals surface area contributed by atoms with Gasteiger partial charge in [-0.15, -0.1) is 0 Å². The van der Waals surface area contributed by atoms with Gasteiger partial charge < -0.3 is 9.53 Å². The second kappa shape index (κ2) is 6.04. The lowest BCUT2D eigenvalue weighted by molar-refractivity contribution is 0.0979. The van der Waals surface area contributed by atoms with Crippen molar-refractivity contribution < 1.29 is 22.5 Å². The molecule has 0 aromatic rings. The number of aliphatic hydroxyl groups excluding tert-OH is 1. The summed E-state index contributed by atoms with van der Waals surface area (Å²) < 4.78 is 37.3. The van der Waals surface area contributed by atoms with E-state index in [1.54, 1.807) is 0 Å². The van der Waals surface area contributed by atoms with Crippen molar-refractivity contribution in [2.75, 3.05) is 12.4 Å². The van der Waals surface area contributed by atoms with Crippen LogP contribution in [0.3, 0.4) is 0 Å². The molecule has 0 unspecified atom stereocenters. The summed E-state index contributed by atoms with van der Waals surface area (Å²) in [6.07, 6.45) is 1.08. The minimum Gasteiger partial charge on any atom is -0.414 e. The fraction of sp³-hybridized carbons (Fsp3) is 1.00. The molecule has 0 aromatic heterocycles. The third-order valence-electron chi connectivity index (χ3n) is 4.66. The summed E-state index contributed by atoms with van der Waals surface area (Å²) in [5, 5.41) is 9.55. The van der Waals surface area contributed by atoms with E-state index in [0.29, 0.717) is 12.8 Å². The van der Waals surface area contributed by atoms with Crippen LogP contribution in [0.4, 0.5) is 0 Å². The molecule has 7 heteroatoms. The van der Waals surface area contributed by atoms with Crippen molar-refractivity contribution in [3.8, 4) is 0 Å². The minimum atomic E-state index is -3.96. The van der Waals surface area contributed by atoms with Gasteiger partial charge in [0.1, 0.15) is 0 Å². The van der Waals surface area contributed by atoms with Crippen molar-refractivity contribution in [3.63, 3.8) is 0 Å². The largest absolute Gasteiger partial charge is 0.414 e. The van der Waals surface area contributed by atoms with Crippen LogP contribution < -0.4 is 0 Å². The number of rotatable bonds is 5. The van der Waals surface area contributed by atoms with E-state index in [2.05, 4.69) is 33.9 Å². The molecule has 1 aliphatic rings. The minimum absolute atomic E-state index is 0.00126. The van der Waals surface area contributed by atoms with Gasteiger partial charge >= 0.3 is 0 Å². The summed E-state index contributed by atoms with van der Waals surface area (Å²) in [6.45, 7) is 10.8. The van der Waals surface area contributed by atoms with Gasteiger partial charge in [-0.2, -0.15) is 8.42 Å². The van der Waals surface area contributed by atoms with Crippen LogP contribution >= 0.6 is 0 Å². The first-order valence-corrected chi connectivity index (χ1v) is 11.6. The first kappa shape index (κ1) is 18.1. The maximum Gasteiger partial charge on any atom is 0.265 e. The van der Waals surface area contributed by atoms with Crippen LogP contribution in [0, 0.1) is 11.8 Å². The Morgan fingerprint density at radius 1 is 1.25 bits per heavy atom. The summed E-state index contributed by atoms with van der Waals surface area (Å²) in [4.78, 5) is 0. The Morgan fingerprint density at radius 2 is 1.80 bits per heavy atom. The van der Waals surface area contributed by atoms with Crippen molar-refractivity contribution in [3.05, 3.63) is 0 Å². The van der Waals surface area contributed by atoms with Crippen LogP contribution in [-0.2, 0) is 14.5 Å². The Kier molecular flexibility index (Phi) is 5.47. The van der Waals surface area contributed by atoms with Crippen molar-refractivity contribution in [2.24, 2.45) is 11.8 Å². The summed E-state index contributed by atoms with van der Waals surface area (Å²) in [5.41, 5.74) is 0. The van der Waals surface area contributed by atoms with E-state index >= 15 is 0 Å². The first-order valence-electron chi connectivity index (χ1n) is 7.09. The Morgan fingerprint density at radius 3 is 2.20 bits per heavy atom. The van der Waals surface area contributed by atoms with Gasteiger partial charge in [0, 0.05) is 12.5 Å². The Labute approximate surface area is 123 Å². The van der Waals surface area contributed by atoms with Crippen molar-refractivity contribution in [1.29, 1.82) is 0 Å². The average Bonchev–Trinajstić information content (AvgIpc) is 2.54. The molecule has 3 atom stereocenters. The summed E-state index contributed by atoms with van der Waals surface area (Å²) >= 11 is 0. The molecule has 5 nitrogen and oxygen atoms in total. The SMILES string of the molecule is CC(C)(C)[Si](C)(C)O[C@H]1C[C@@H](CS(=O)(=O)O)C[C@H]1CO. The second-order valence-electron chi connectivity index (χ2n) is 7.45. The van der Waals surface area contributed by atoms with E-state index in [1.807, 2.05) is 0 Å². The second-order valence-corrected chi connectivity index (χ2v) is 13.7. The molecule has 0 radical (unpaired) electrons. The van der Waals surface area contributed by atoms with Crippen molar-refractivity contribution >= 4 is 18.4 Å². The molecule has 0 saturated heterocycles. The third kappa shape index (κ3) is 4.80. The number of hydrogen-bond donors (Lipinski definition) is 2. The van der Waals surface area contributed by atoms with E-state index in [0.717, 1.165) is 0 Å². The highest BCUT2D eigenvalue weighted by Crippen LogP contribution is 2.42. The van der Waals surface area contributed by atoms with Gasteiger partial charge in [-0.05, 0) is 36.9 Å². The van der Waals surface area contributed by atoms with Gasteiger partial charge in [0.05, 0.1) is 11.9 Å². The number of aliphatic hydroxyl groups is 1. The van der Waals surface area contributed by atoms with Gasteiger partial charge in [0.15, 0.2) is 8.32 Å². The van der Waals surface area contributed by atoms with Gasteiger partial charge in [0.2, 0.25) is 0 Å². The van der Waals surface area contributed by atoms with Gasteiger partial charge in [-0.25, -0.2) is 0 Å². The predicted molar refractivity (Wildman–Crippen MR) is 81.8 cm³/mol. The Balaban J connectivity index is 2.75. The maximum atomic E-state index is 11.0. The van der Waals surface area contributed by atoms with Crippen LogP contribution in [0.15, 0.2) is 0 Å². The van der Waals surface area contributed by atoms with Crippen LogP contribution in [0.25, 0.3) is 0 Å². The highest BCUT2D eigenvalue weighted by Gasteiger charge is 2.44. The van der Waals surface area contributed by atoms with Crippen LogP contribution in [-0.4, -0.2) is 44.9 Å². The zero-order chi connectivity index (χ0) is 15.8. The topological polar surface area (TPSA) is 83.8 Å². The molecule has 1 fully saturated rings. The zero-order valence-electron chi connectivity index (χ0n) is 13.1. The quantitative estimate of drug-likeness (QED) is 0.599. The molecule has 20 heavy (non-hydrogen) atoms. The molecular formula is C13H28O5SSi. The third-order valence-corrected chi connectivity index (χ3v) is 10.1. The summed E-state index contributed by atoms with van der Waals surface area (Å²) in [6, 6.07) is 0. The summed E-state index contributed by atoms with van der Waals surface area (Å²) in [7, 11) is -5.90. The fourth-order valence-corrected chi connectivity index (χ4v) is 4.79. The molecule has 0 bridgehead atoms. The van der Waals surface area contributed by atoms with Crippen molar-refractivity contribution in [2.45, 2.75) is 57.8 Å². The Bertz CT molecular complexity index is 427. The van der Waals surface area contributed by atoms with Crippen LogP contribution in [0.5, 0.6) is 0 Å². The van der Waals surface area contributed by atoms with E-state index < -0.39 is 18.4 Å². The fourth-order valence-electron chi connectivity index (χ4n) is 2.52. The molecular weight excluding hydrogens is 296 g/mol. The smallest absolute Gasteiger partial charge is 0.265 e. The van der Waals surface area contributed by atoms with Gasteiger partial charge in [-0.3, -0.25) is 4.55 Å². The molecule has 120 valence electrons. The Hall–Kier alpha value is 0.0469. The van der Waals surface area contributed by atoms with Gasteiger partial charge in [-0.1, -0.05) is 20.8 Å². The van der Waals surface area contributed by atoms with E-state index in [-0.39, 0.29) is 35.3 Å². The van der Waals surface area contributed by atoms with E-state index in [9.17, 15) is 13.5 Å². The molecule has 0 heterocycles. The molecule has 0 amide bonds. The van der Waals surface area contributed by atoms with Crippen molar-refractivity contribution in [1.82, 2.24) is 0 Å². The van der Waals surface area contributed by atoms with E-state index in [4.69, 9.17) is 8.98 Å². The van der Waals surface area contributed by atoms with Crippen LogP contribution in [0.1, 0.15) is 33.6 Å². The molecule has 1 saturated carbocycles. The zero-order valence-corrected chi connectivity index (χ0v) is 14.9. The average molecular weight is 325 g/mol. The highest BCUT2D eigenvalue weighted by atomic mass is 32.2. The van der Waals surface area contributed by atoms with E-state index in [1.165, 1.54) is 0 Å². The predicted octanol–water partition coefficient (Wildman–Crippen LogP) is 2.28. The van der Waals surface area contributed by atoms with Gasteiger partial charge in [0.25, 0.3) is 10.1 Å². The first-order chi connectivity index (χ1) is 8.86. The summed E-state index contributed by atoms with van der Waals surface area (Å²) in [5.74, 6) is -0.395. The lowest BCUT2D eigenvalue weighted by Gasteiger charge is -2.39. The maximum absolute atomic E-state index is 11.0. The molecule has 2 N–H and O–H groups in total. The highest BCUT2D eigenvalue weighted by molar-refractivity contribution is 7.85. The van der Waals surface area contributed by atoms with Crippen LogP contribution in [0.2, 0.25) is 18.1 Å².